The lowest BCUT2D eigenvalue weighted by molar-refractivity contribution is 0.102. The molecule has 1 N–H and O–H groups in total. The van der Waals surface area contributed by atoms with Crippen molar-refractivity contribution in [1.29, 1.82) is 0 Å². The van der Waals surface area contributed by atoms with E-state index in [1.165, 1.54) is 19.1 Å². The van der Waals surface area contributed by atoms with E-state index in [1.807, 2.05) is 6.07 Å². The summed E-state index contributed by atoms with van der Waals surface area (Å²) in [5.41, 5.74) is 1.31. The smallest absolute Gasteiger partial charge is 0.262 e. The van der Waals surface area contributed by atoms with Gasteiger partial charge in [-0.15, -0.1) is 0 Å². The Morgan fingerprint density at radius 3 is 2.89 bits per heavy atom. The molecule has 2 aromatic rings. The molecule has 2 aromatic heterocycles. The minimum atomic E-state index is -0.207. The van der Waals surface area contributed by atoms with Gasteiger partial charge in [0, 0.05) is 12.1 Å². The molecule has 0 aliphatic heterocycles. The number of amides is 1. The van der Waals surface area contributed by atoms with Gasteiger partial charge in [0.25, 0.3) is 5.91 Å². The predicted octanol–water partition coefficient (Wildman–Crippen LogP) is 2.98. The van der Waals surface area contributed by atoms with E-state index in [-0.39, 0.29) is 5.91 Å². The van der Waals surface area contributed by atoms with Gasteiger partial charge in [0.1, 0.15) is 17.6 Å². The van der Waals surface area contributed by atoms with Crippen LogP contribution in [0.25, 0.3) is 0 Å². The fraction of sp³-hybridized carbons (Fsp3) is 0.357. The van der Waals surface area contributed by atoms with Gasteiger partial charge < -0.3 is 9.84 Å². The monoisotopic (exact) mass is 257 g/mol. The van der Waals surface area contributed by atoms with Crippen LogP contribution in [-0.4, -0.2) is 16.0 Å². The summed E-state index contributed by atoms with van der Waals surface area (Å²) in [5.74, 6) is 0.677. The topological polar surface area (TPSA) is 68.0 Å². The molecule has 98 valence electrons. The maximum atomic E-state index is 12.2. The molecule has 0 spiro atoms. The highest BCUT2D eigenvalue weighted by Gasteiger charge is 2.26. The lowest BCUT2D eigenvalue weighted by Gasteiger charge is -2.07. The Morgan fingerprint density at radius 2 is 2.16 bits per heavy atom. The van der Waals surface area contributed by atoms with Gasteiger partial charge in [0.15, 0.2) is 0 Å². The number of carbonyl (C=O) groups excluding carboxylic acids is 1. The number of nitrogens with one attached hydrogen (secondary N) is 1. The van der Waals surface area contributed by atoms with Crippen LogP contribution >= 0.6 is 0 Å². The molecule has 3 rings (SSSR count). The number of anilines is 1. The normalized spacial score (nSPS) is 15.6. The van der Waals surface area contributed by atoms with Gasteiger partial charge in [-0.1, -0.05) is 24.1 Å². The quantitative estimate of drug-likeness (QED) is 0.917. The second-order valence-electron chi connectivity index (χ2n) is 4.76. The zero-order valence-corrected chi connectivity index (χ0v) is 10.5. The maximum absolute atomic E-state index is 12.2. The maximum Gasteiger partial charge on any atom is 0.262 e. The third kappa shape index (κ3) is 2.50. The minimum Gasteiger partial charge on any atom is -0.364 e. The Kier molecular flexibility index (Phi) is 3.27. The summed E-state index contributed by atoms with van der Waals surface area (Å²) >= 11 is 0. The van der Waals surface area contributed by atoms with Crippen molar-refractivity contribution in [2.75, 3.05) is 5.32 Å². The Hall–Kier alpha value is -2.17. The van der Waals surface area contributed by atoms with Crippen molar-refractivity contribution in [2.24, 2.45) is 0 Å². The van der Waals surface area contributed by atoms with Crippen molar-refractivity contribution in [2.45, 2.75) is 31.6 Å². The Balaban J connectivity index is 1.78. The van der Waals surface area contributed by atoms with Crippen LogP contribution in [0.3, 0.4) is 0 Å². The van der Waals surface area contributed by atoms with Crippen LogP contribution in [-0.2, 0) is 0 Å². The molecule has 5 heteroatoms. The zero-order valence-electron chi connectivity index (χ0n) is 10.5. The van der Waals surface area contributed by atoms with E-state index in [9.17, 15) is 4.79 Å². The van der Waals surface area contributed by atoms with Crippen LogP contribution < -0.4 is 5.32 Å². The molecule has 0 saturated heterocycles. The molecule has 19 heavy (non-hydrogen) atoms. The first-order valence-electron chi connectivity index (χ1n) is 6.51. The Bertz CT molecular complexity index is 559. The van der Waals surface area contributed by atoms with E-state index >= 15 is 0 Å². The molecule has 1 amide bonds. The van der Waals surface area contributed by atoms with Gasteiger partial charge in [0.2, 0.25) is 0 Å². The van der Waals surface area contributed by atoms with Crippen LogP contribution in [0.1, 0.15) is 47.7 Å². The average molecular weight is 257 g/mol. The first-order chi connectivity index (χ1) is 9.34. The van der Waals surface area contributed by atoms with E-state index in [0.717, 1.165) is 18.5 Å². The largest absolute Gasteiger partial charge is 0.364 e. The van der Waals surface area contributed by atoms with Crippen molar-refractivity contribution in [3.63, 3.8) is 0 Å². The standard InChI is InChI=1S/C14H15N3O2/c18-14(16-12-7-3-4-8-15-12)11-9-19-17-13(11)10-5-1-2-6-10/h3-4,7-10H,1-2,5-6H2,(H,15,16,18). The van der Waals surface area contributed by atoms with Crippen LogP contribution in [0.2, 0.25) is 0 Å². The Labute approximate surface area is 111 Å². The number of hydrogen-bond donors (Lipinski definition) is 1. The first-order valence-corrected chi connectivity index (χ1v) is 6.51. The number of aromatic nitrogens is 2. The summed E-state index contributed by atoms with van der Waals surface area (Å²) in [4.78, 5) is 16.3. The first kappa shape index (κ1) is 11.9. The molecule has 0 atom stereocenters. The molecule has 2 heterocycles. The highest BCUT2D eigenvalue weighted by molar-refractivity contribution is 6.04. The van der Waals surface area contributed by atoms with E-state index < -0.39 is 0 Å². The molecule has 1 saturated carbocycles. The van der Waals surface area contributed by atoms with Crippen molar-refractivity contribution < 1.29 is 9.32 Å². The van der Waals surface area contributed by atoms with E-state index in [0.29, 0.717) is 17.3 Å². The molecule has 0 bridgehead atoms. The van der Waals surface area contributed by atoms with Crippen LogP contribution in [0.4, 0.5) is 5.82 Å². The van der Waals surface area contributed by atoms with Gasteiger partial charge in [-0.05, 0) is 25.0 Å². The summed E-state index contributed by atoms with van der Waals surface area (Å²) in [6, 6.07) is 5.38. The van der Waals surface area contributed by atoms with Gasteiger partial charge in [-0.25, -0.2) is 4.98 Å². The molecule has 5 nitrogen and oxygen atoms in total. The van der Waals surface area contributed by atoms with Crippen molar-refractivity contribution in [1.82, 2.24) is 10.1 Å². The predicted molar refractivity (Wildman–Crippen MR) is 69.9 cm³/mol. The van der Waals surface area contributed by atoms with E-state index in [2.05, 4.69) is 15.5 Å². The summed E-state index contributed by atoms with van der Waals surface area (Å²) in [5, 5.41) is 6.76. The van der Waals surface area contributed by atoms with Crippen molar-refractivity contribution >= 4 is 11.7 Å². The molecule has 0 unspecified atom stereocenters. The molecule has 1 aliphatic carbocycles. The minimum absolute atomic E-state index is 0.207. The number of nitrogens with zero attached hydrogens (tertiary/aromatic N) is 2. The van der Waals surface area contributed by atoms with E-state index in [1.54, 1.807) is 18.3 Å². The third-order valence-corrected chi connectivity index (χ3v) is 3.49. The SMILES string of the molecule is O=C(Nc1ccccn1)c1conc1C1CCCC1. The lowest BCUT2D eigenvalue weighted by atomic mass is 10.0. The number of hydrogen-bond acceptors (Lipinski definition) is 4. The fourth-order valence-electron chi connectivity index (χ4n) is 2.53. The van der Waals surface area contributed by atoms with Crippen molar-refractivity contribution in [3.05, 3.63) is 41.9 Å². The van der Waals surface area contributed by atoms with Crippen LogP contribution in [0.15, 0.2) is 35.2 Å². The highest BCUT2D eigenvalue weighted by atomic mass is 16.5. The summed E-state index contributed by atoms with van der Waals surface area (Å²) < 4.78 is 4.99. The number of carbonyl (C=O) groups is 1. The summed E-state index contributed by atoms with van der Waals surface area (Å²) in [6.45, 7) is 0. The second kappa shape index (κ2) is 5.22. The molecule has 0 radical (unpaired) electrons. The van der Waals surface area contributed by atoms with Crippen molar-refractivity contribution in [3.8, 4) is 0 Å². The Morgan fingerprint density at radius 1 is 1.32 bits per heavy atom. The molecule has 0 aromatic carbocycles. The van der Waals surface area contributed by atoms with Gasteiger partial charge in [-0.3, -0.25) is 4.79 Å². The second-order valence-corrected chi connectivity index (χ2v) is 4.76. The lowest BCUT2D eigenvalue weighted by Crippen LogP contribution is -2.15. The van der Waals surface area contributed by atoms with Gasteiger partial charge in [0.05, 0.1) is 5.69 Å². The molecular formula is C14H15N3O2. The van der Waals surface area contributed by atoms with E-state index in [4.69, 9.17) is 4.52 Å². The van der Waals surface area contributed by atoms with Gasteiger partial charge >= 0.3 is 0 Å². The fourth-order valence-corrected chi connectivity index (χ4v) is 2.53. The summed E-state index contributed by atoms with van der Waals surface area (Å²) in [7, 11) is 0. The molecular weight excluding hydrogens is 242 g/mol. The van der Waals surface area contributed by atoms with Gasteiger partial charge in [-0.2, -0.15) is 0 Å². The van der Waals surface area contributed by atoms with Crippen LogP contribution in [0, 0.1) is 0 Å². The third-order valence-electron chi connectivity index (χ3n) is 3.49. The molecule has 1 fully saturated rings. The number of rotatable bonds is 3. The average Bonchev–Trinajstić information content (AvgIpc) is 3.10. The van der Waals surface area contributed by atoms with Crippen LogP contribution in [0.5, 0.6) is 0 Å². The summed E-state index contributed by atoms with van der Waals surface area (Å²) in [6.07, 6.45) is 7.61. The number of pyridine rings is 1. The zero-order chi connectivity index (χ0) is 13.1. The molecule has 1 aliphatic rings. The highest BCUT2D eigenvalue weighted by Crippen LogP contribution is 2.35.